The average molecular weight is 483 g/mol. The molecular weight excluding hydrogens is 452 g/mol. The summed E-state index contributed by atoms with van der Waals surface area (Å²) in [7, 11) is 0. The van der Waals surface area contributed by atoms with Crippen molar-refractivity contribution in [1.29, 1.82) is 0 Å². The zero-order valence-corrected chi connectivity index (χ0v) is 20.3. The molecule has 1 atom stereocenters. The van der Waals surface area contributed by atoms with Crippen LogP contribution in [0.2, 0.25) is 0 Å². The molecule has 1 aromatic carbocycles. The van der Waals surface area contributed by atoms with Crippen molar-refractivity contribution < 1.29 is 18.7 Å². The zero-order valence-electron chi connectivity index (χ0n) is 19.5. The molecule has 1 aliphatic heterocycles. The number of fused-ring (bicyclic) bond motifs is 1. The molecule has 1 amide bonds. The first-order valence-electron chi connectivity index (χ1n) is 11.9. The normalized spacial score (nSPS) is 16.3. The molecule has 3 aromatic rings. The fourth-order valence-electron chi connectivity index (χ4n) is 4.11. The van der Waals surface area contributed by atoms with E-state index in [2.05, 4.69) is 33.9 Å². The monoisotopic (exact) mass is 482 g/mol. The molecule has 3 heterocycles. The van der Waals surface area contributed by atoms with Crippen molar-refractivity contribution in [2.45, 2.75) is 56.8 Å². The highest BCUT2D eigenvalue weighted by atomic mass is 32.2. The van der Waals surface area contributed by atoms with Crippen molar-refractivity contribution in [2.75, 3.05) is 19.0 Å². The summed E-state index contributed by atoms with van der Waals surface area (Å²) < 4.78 is 19.2. The maximum Gasteiger partial charge on any atom is 0.230 e. The molecule has 9 heteroatoms. The van der Waals surface area contributed by atoms with E-state index in [1.165, 1.54) is 11.8 Å². The Bertz CT molecular complexity index is 1120. The second-order valence-corrected chi connectivity index (χ2v) is 10.1. The molecular formula is C25H30N4O4S. The maximum atomic E-state index is 13.0. The molecule has 0 saturated heterocycles. The second-order valence-electron chi connectivity index (χ2n) is 9.12. The number of hydrogen-bond acceptors (Lipinski definition) is 7. The van der Waals surface area contributed by atoms with Gasteiger partial charge >= 0.3 is 0 Å². The minimum Gasteiger partial charge on any atom is -0.490 e. The van der Waals surface area contributed by atoms with Gasteiger partial charge in [-0.25, -0.2) is 0 Å². The predicted octanol–water partition coefficient (Wildman–Crippen LogP) is 4.56. The zero-order chi connectivity index (χ0) is 23.5. The number of nitrogens with zero attached hydrogens (tertiary/aromatic N) is 3. The number of aromatic nitrogens is 3. The first-order valence-corrected chi connectivity index (χ1v) is 12.8. The van der Waals surface area contributed by atoms with Gasteiger partial charge in [-0.15, -0.1) is 10.2 Å². The summed E-state index contributed by atoms with van der Waals surface area (Å²) in [4.78, 5) is 13.0. The highest BCUT2D eigenvalue weighted by Crippen LogP contribution is 2.40. The Balaban J connectivity index is 1.26. The summed E-state index contributed by atoms with van der Waals surface area (Å²) >= 11 is 1.41. The number of amides is 1. The minimum absolute atomic E-state index is 0.0451. The van der Waals surface area contributed by atoms with Gasteiger partial charge in [0.15, 0.2) is 16.7 Å². The quantitative estimate of drug-likeness (QED) is 0.447. The number of carbonyl (C=O) groups excluding carboxylic acids is 1. The third-order valence-electron chi connectivity index (χ3n) is 6.03. The van der Waals surface area contributed by atoms with E-state index in [1.54, 1.807) is 6.26 Å². The lowest BCUT2D eigenvalue weighted by Gasteiger charge is -2.24. The van der Waals surface area contributed by atoms with Crippen molar-refractivity contribution >= 4 is 17.7 Å². The number of nitrogens with one attached hydrogen (secondary N) is 1. The first kappa shape index (κ1) is 22.8. The van der Waals surface area contributed by atoms with E-state index in [0.717, 1.165) is 53.1 Å². The van der Waals surface area contributed by atoms with E-state index >= 15 is 0 Å². The van der Waals surface area contributed by atoms with Crippen LogP contribution >= 0.6 is 11.8 Å². The highest BCUT2D eigenvalue weighted by molar-refractivity contribution is 7.99. The molecule has 34 heavy (non-hydrogen) atoms. The maximum absolute atomic E-state index is 13.0. The Morgan fingerprint density at radius 1 is 1.18 bits per heavy atom. The van der Waals surface area contributed by atoms with Crippen molar-refractivity contribution in [1.82, 2.24) is 20.1 Å². The van der Waals surface area contributed by atoms with Gasteiger partial charge in [-0.1, -0.05) is 31.7 Å². The predicted molar refractivity (Wildman–Crippen MR) is 128 cm³/mol. The van der Waals surface area contributed by atoms with Crippen LogP contribution in [0.25, 0.3) is 0 Å². The van der Waals surface area contributed by atoms with Gasteiger partial charge in [0.1, 0.15) is 11.6 Å². The standard InChI is InChI=1S/C25H30N4O4S/c1-16(2)23(18-8-9-20-21(13-18)33-12-4-11-32-20)26-22(30)15-34-25-28-27-24(17-6-7-17)29(25)14-19-5-3-10-31-19/h3,5,8-10,13,16-17,23H,4,6-7,11-12,14-15H2,1-2H3,(H,26,30). The summed E-state index contributed by atoms with van der Waals surface area (Å²) in [5, 5.41) is 12.7. The van der Waals surface area contributed by atoms with Crippen LogP contribution in [-0.4, -0.2) is 39.6 Å². The molecule has 0 radical (unpaired) electrons. The van der Waals surface area contributed by atoms with Crippen LogP contribution in [-0.2, 0) is 11.3 Å². The van der Waals surface area contributed by atoms with E-state index < -0.39 is 0 Å². The number of carbonyl (C=O) groups is 1. The van der Waals surface area contributed by atoms with E-state index in [9.17, 15) is 4.79 Å². The molecule has 8 nitrogen and oxygen atoms in total. The summed E-state index contributed by atoms with van der Waals surface area (Å²) in [6.07, 6.45) is 4.79. The van der Waals surface area contributed by atoms with Gasteiger partial charge in [-0.05, 0) is 48.6 Å². The highest BCUT2D eigenvalue weighted by Gasteiger charge is 2.31. The Morgan fingerprint density at radius 3 is 2.74 bits per heavy atom. The Hall–Kier alpha value is -2.94. The molecule has 180 valence electrons. The Labute approximate surface area is 203 Å². The third kappa shape index (κ3) is 5.24. The lowest BCUT2D eigenvalue weighted by Crippen LogP contribution is -2.33. The van der Waals surface area contributed by atoms with E-state index in [1.807, 2.05) is 30.3 Å². The smallest absolute Gasteiger partial charge is 0.230 e. The Morgan fingerprint density at radius 2 is 2.00 bits per heavy atom. The Kier molecular flexibility index (Phi) is 6.80. The summed E-state index contributed by atoms with van der Waals surface area (Å²) in [5.41, 5.74) is 1.01. The number of furan rings is 1. The van der Waals surface area contributed by atoms with E-state index in [-0.39, 0.29) is 23.6 Å². The SMILES string of the molecule is CC(C)C(NC(=O)CSc1nnc(C2CC2)n1Cc1ccco1)c1ccc2c(c1)OCCCO2. The van der Waals surface area contributed by atoms with Crippen molar-refractivity contribution in [3.8, 4) is 11.5 Å². The van der Waals surface area contributed by atoms with Gasteiger partial charge in [0.05, 0.1) is 37.8 Å². The lowest BCUT2D eigenvalue weighted by atomic mass is 9.95. The van der Waals surface area contributed by atoms with E-state index in [0.29, 0.717) is 25.7 Å². The minimum atomic E-state index is -0.131. The number of hydrogen-bond donors (Lipinski definition) is 1. The van der Waals surface area contributed by atoms with Crippen LogP contribution in [0.3, 0.4) is 0 Å². The van der Waals surface area contributed by atoms with Crippen LogP contribution < -0.4 is 14.8 Å². The first-order chi connectivity index (χ1) is 16.6. The van der Waals surface area contributed by atoms with Crippen LogP contribution in [0.5, 0.6) is 11.5 Å². The molecule has 5 rings (SSSR count). The molecule has 1 fully saturated rings. The second kappa shape index (κ2) is 10.1. The number of benzene rings is 1. The molecule has 1 unspecified atom stereocenters. The van der Waals surface area contributed by atoms with Gasteiger partial charge in [-0.3, -0.25) is 9.36 Å². The van der Waals surface area contributed by atoms with Gasteiger partial charge in [0, 0.05) is 12.3 Å². The fourth-order valence-corrected chi connectivity index (χ4v) is 4.87. The number of rotatable bonds is 9. The van der Waals surface area contributed by atoms with Crippen molar-refractivity contribution in [2.24, 2.45) is 5.92 Å². The summed E-state index contributed by atoms with van der Waals surface area (Å²) in [5.74, 6) is 4.20. The molecule has 1 N–H and O–H groups in total. The third-order valence-corrected chi connectivity index (χ3v) is 6.99. The van der Waals surface area contributed by atoms with Crippen molar-refractivity contribution in [3.63, 3.8) is 0 Å². The number of ether oxygens (including phenoxy) is 2. The van der Waals surface area contributed by atoms with Gasteiger partial charge in [0.25, 0.3) is 0 Å². The average Bonchev–Trinajstić information content (AvgIpc) is 3.48. The van der Waals surface area contributed by atoms with Crippen LogP contribution in [0.15, 0.2) is 46.2 Å². The van der Waals surface area contributed by atoms with Crippen molar-refractivity contribution in [3.05, 3.63) is 53.7 Å². The number of thioether (sulfide) groups is 1. The molecule has 2 aliphatic rings. The fraction of sp³-hybridized carbons (Fsp3) is 0.480. The van der Waals surface area contributed by atoms with Gasteiger partial charge in [0.2, 0.25) is 5.91 Å². The molecule has 1 saturated carbocycles. The van der Waals surface area contributed by atoms with Gasteiger partial charge in [-0.2, -0.15) is 0 Å². The summed E-state index contributed by atoms with van der Waals surface area (Å²) in [6, 6.07) is 9.62. The lowest BCUT2D eigenvalue weighted by molar-refractivity contribution is -0.119. The van der Waals surface area contributed by atoms with Crippen LogP contribution in [0.4, 0.5) is 0 Å². The molecule has 2 aromatic heterocycles. The van der Waals surface area contributed by atoms with Crippen LogP contribution in [0, 0.1) is 5.92 Å². The van der Waals surface area contributed by atoms with Crippen LogP contribution in [0.1, 0.15) is 62.2 Å². The molecule has 0 spiro atoms. The largest absolute Gasteiger partial charge is 0.490 e. The molecule has 1 aliphatic carbocycles. The van der Waals surface area contributed by atoms with E-state index in [4.69, 9.17) is 13.9 Å². The topological polar surface area (TPSA) is 91.4 Å². The van der Waals surface area contributed by atoms with Gasteiger partial charge < -0.3 is 19.2 Å². The summed E-state index contributed by atoms with van der Waals surface area (Å²) in [6.45, 7) is 6.06. The molecule has 0 bridgehead atoms.